The molecule has 8 heteroatoms. The summed E-state index contributed by atoms with van der Waals surface area (Å²) in [4.78, 5) is 19.3. The zero-order valence-electron chi connectivity index (χ0n) is 18.7. The van der Waals surface area contributed by atoms with Crippen molar-refractivity contribution in [3.8, 4) is 5.69 Å². The van der Waals surface area contributed by atoms with Gasteiger partial charge in [0.15, 0.2) is 0 Å². The SMILES string of the molecule is CC(C)(C)c1cc(CNC(=O)Nc2ccc(N3CCCC3)nc2)n(-c2cccc(Cl)c2)n1. The van der Waals surface area contributed by atoms with Crippen LogP contribution in [0.1, 0.15) is 45.0 Å². The van der Waals surface area contributed by atoms with Gasteiger partial charge in [0.05, 0.1) is 35.5 Å². The van der Waals surface area contributed by atoms with Gasteiger partial charge in [0, 0.05) is 23.5 Å². The highest BCUT2D eigenvalue weighted by Crippen LogP contribution is 2.25. The quantitative estimate of drug-likeness (QED) is 0.562. The fourth-order valence-electron chi connectivity index (χ4n) is 3.68. The van der Waals surface area contributed by atoms with E-state index < -0.39 is 0 Å². The summed E-state index contributed by atoms with van der Waals surface area (Å²) in [6.07, 6.45) is 4.10. The van der Waals surface area contributed by atoms with E-state index in [9.17, 15) is 4.79 Å². The van der Waals surface area contributed by atoms with Gasteiger partial charge in [0.25, 0.3) is 0 Å². The highest BCUT2D eigenvalue weighted by molar-refractivity contribution is 6.30. The maximum absolute atomic E-state index is 12.5. The molecule has 1 saturated heterocycles. The van der Waals surface area contributed by atoms with Gasteiger partial charge in [-0.2, -0.15) is 5.10 Å². The van der Waals surface area contributed by atoms with Crippen molar-refractivity contribution in [2.24, 2.45) is 0 Å². The van der Waals surface area contributed by atoms with Gasteiger partial charge in [0.2, 0.25) is 0 Å². The fraction of sp³-hybridized carbons (Fsp3) is 0.375. The Hall–Kier alpha value is -3.06. The first-order chi connectivity index (χ1) is 15.3. The number of hydrogen-bond donors (Lipinski definition) is 2. The monoisotopic (exact) mass is 452 g/mol. The number of nitrogens with zero attached hydrogens (tertiary/aromatic N) is 4. The molecular weight excluding hydrogens is 424 g/mol. The van der Waals surface area contributed by atoms with Crippen LogP contribution in [0.15, 0.2) is 48.7 Å². The number of hydrogen-bond acceptors (Lipinski definition) is 4. The largest absolute Gasteiger partial charge is 0.357 e. The number of aromatic nitrogens is 3. The topological polar surface area (TPSA) is 75.1 Å². The molecular formula is C24H29ClN6O. The van der Waals surface area contributed by atoms with Crippen molar-refractivity contribution < 1.29 is 4.79 Å². The molecule has 3 aromatic rings. The number of pyridine rings is 1. The minimum atomic E-state index is -0.295. The van der Waals surface area contributed by atoms with Gasteiger partial charge in [-0.1, -0.05) is 38.4 Å². The molecule has 1 aliphatic rings. The number of anilines is 2. The first-order valence-electron chi connectivity index (χ1n) is 10.9. The second-order valence-electron chi connectivity index (χ2n) is 9.07. The van der Waals surface area contributed by atoms with E-state index in [4.69, 9.17) is 16.7 Å². The first kappa shape index (κ1) is 22.1. The van der Waals surface area contributed by atoms with E-state index in [1.54, 1.807) is 6.20 Å². The van der Waals surface area contributed by atoms with Gasteiger partial charge in [-0.15, -0.1) is 0 Å². The van der Waals surface area contributed by atoms with E-state index in [-0.39, 0.29) is 11.4 Å². The van der Waals surface area contributed by atoms with Gasteiger partial charge in [0.1, 0.15) is 5.82 Å². The summed E-state index contributed by atoms with van der Waals surface area (Å²) in [6, 6.07) is 13.1. The van der Waals surface area contributed by atoms with Gasteiger partial charge < -0.3 is 15.5 Å². The van der Waals surface area contributed by atoms with Crippen LogP contribution < -0.4 is 15.5 Å². The second kappa shape index (κ2) is 9.20. The molecule has 2 N–H and O–H groups in total. The van der Waals surface area contributed by atoms with Gasteiger partial charge in [-0.3, -0.25) is 0 Å². The lowest BCUT2D eigenvalue weighted by molar-refractivity contribution is 0.251. The van der Waals surface area contributed by atoms with Crippen molar-refractivity contribution in [3.05, 3.63) is 65.1 Å². The molecule has 0 saturated carbocycles. The summed E-state index contributed by atoms with van der Waals surface area (Å²) in [7, 11) is 0. The highest BCUT2D eigenvalue weighted by atomic mass is 35.5. The zero-order valence-corrected chi connectivity index (χ0v) is 19.5. The van der Waals surface area contributed by atoms with Crippen LogP contribution in [0.5, 0.6) is 0 Å². The molecule has 2 amide bonds. The number of halogens is 1. The average Bonchev–Trinajstić information content (AvgIpc) is 3.43. The molecule has 168 valence electrons. The van der Waals surface area contributed by atoms with Crippen molar-refractivity contribution in [1.82, 2.24) is 20.1 Å². The molecule has 0 spiro atoms. The van der Waals surface area contributed by atoms with Crippen LogP contribution in [0.25, 0.3) is 5.69 Å². The summed E-state index contributed by atoms with van der Waals surface area (Å²) in [6.45, 7) is 8.73. The van der Waals surface area contributed by atoms with E-state index in [2.05, 4.69) is 41.3 Å². The molecule has 1 aliphatic heterocycles. The summed E-state index contributed by atoms with van der Waals surface area (Å²) in [5.41, 5.74) is 3.20. The maximum Gasteiger partial charge on any atom is 0.319 e. The number of carbonyl (C=O) groups excluding carboxylic acids is 1. The third-order valence-electron chi connectivity index (χ3n) is 5.47. The predicted octanol–water partition coefficient (Wildman–Crippen LogP) is 5.14. The van der Waals surface area contributed by atoms with Crippen molar-refractivity contribution in [1.29, 1.82) is 0 Å². The van der Waals surface area contributed by atoms with Crippen LogP contribution in [0.3, 0.4) is 0 Å². The van der Waals surface area contributed by atoms with Crippen LogP contribution in [0.4, 0.5) is 16.3 Å². The predicted molar refractivity (Wildman–Crippen MR) is 129 cm³/mol. The fourth-order valence-corrected chi connectivity index (χ4v) is 3.87. The maximum atomic E-state index is 12.5. The molecule has 1 fully saturated rings. The molecule has 0 aliphatic carbocycles. The Balaban J connectivity index is 1.44. The Labute approximate surface area is 193 Å². The van der Waals surface area contributed by atoms with Gasteiger partial charge in [-0.25, -0.2) is 14.5 Å². The standard InChI is InChI=1S/C24H29ClN6O/c1-24(2,3)21-14-20(31(29-21)19-8-6-7-17(25)13-19)16-27-23(32)28-18-9-10-22(26-15-18)30-11-4-5-12-30/h6-10,13-15H,4-5,11-12,16H2,1-3H3,(H2,27,28,32). The third kappa shape index (κ3) is 5.22. The Kier molecular flexibility index (Phi) is 6.37. The number of carbonyl (C=O) groups is 1. The number of nitrogens with one attached hydrogen (secondary N) is 2. The summed E-state index contributed by atoms with van der Waals surface area (Å²) in [5.74, 6) is 0.952. The Morgan fingerprint density at radius 3 is 2.56 bits per heavy atom. The minimum absolute atomic E-state index is 0.121. The highest BCUT2D eigenvalue weighted by Gasteiger charge is 2.21. The Bertz CT molecular complexity index is 1080. The number of rotatable bonds is 5. The molecule has 32 heavy (non-hydrogen) atoms. The lowest BCUT2D eigenvalue weighted by Gasteiger charge is -2.16. The van der Waals surface area contributed by atoms with Gasteiger partial charge >= 0.3 is 6.03 Å². The smallest absolute Gasteiger partial charge is 0.319 e. The van der Waals surface area contributed by atoms with Crippen LogP contribution >= 0.6 is 11.6 Å². The Morgan fingerprint density at radius 2 is 1.91 bits per heavy atom. The summed E-state index contributed by atoms with van der Waals surface area (Å²) in [5, 5.41) is 11.2. The van der Waals surface area contributed by atoms with E-state index in [0.717, 1.165) is 36.0 Å². The number of amides is 2. The summed E-state index contributed by atoms with van der Waals surface area (Å²) < 4.78 is 1.83. The molecule has 0 bridgehead atoms. The molecule has 7 nitrogen and oxygen atoms in total. The van der Waals surface area contributed by atoms with E-state index >= 15 is 0 Å². The zero-order chi connectivity index (χ0) is 22.7. The van der Waals surface area contributed by atoms with Crippen molar-refractivity contribution in [2.75, 3.05) is 23.3 Å². The van der Waals surface area contributed by atoms with Crippen LogP contribution in [0.2, 0.25) is 5.02 Å². The molecule has 2 aromatic heterocycles. The van der Waals surface area contributed by atoms with Crippen molar-refractivity contribution in [2.45, 2.75) is 45.6 Å². The molecule has 0 radical (unpaired) electrons. The molecule has 4 rings (SSSR count). The van der Waals surface area contributed by atoms with Crippen LogP contribution in [-0.4, -0.2) is 33.9 Å². The minimum Gasteiger partial charge on any atom is -0.357 e. The second-order valence-corrected chi connectivity index (χ2v) is 9.51. The molecule has 1 aromatic carbocycles. The number of urea groups is 1. The number of benzene rings is 1. The Morgan fingerprint density at radius 1 is 1.12 bits per heavy atom. The molecule has 0 atom stereocenters. The van der Waals surface area contributed by atoms with Crippen LogP contribution in [-0.2, 0) is 12.0 Å². The molecule has 0 unspecified atom stereocenters. The first-order valence-corrected chi connectivity index (χ1v) is 11.3. The lowest BCUT2D eigenvalue weighted by atomic mass is 9.92. The van der Waals surface area contributed by atoms with E-state index in [1.807, 2.05) is 47.1 Å². The summed E-state index contributed by atoms with van der Waals surface area (Å²) >= 11 is 6.18. The normalized spacial score (nSPS) is 13.9. The van der Waals surface area contributed by atoms with Crippen molar-refractivity contribution >= 4 is 29.1 Å². The average molecular weight is 453 g/mol. The van der Waals surface area contributed by atoms with Gasteiger partial charge in [-0.05, 0) is 49.2 Å². The van der Waals surface area contributed by atoms with E-state index in [1.165, 1.54) is 12.8 Å². The van der Waals surface area contributed by atoms with Crippen LogP contribution in [0, 0.1) is 0 Å². The lowest BCUT2D eigenvalue weighted by Crippen LogP contribution is -2.29. The molecule has 3 heterocycles. The third-order valence-corrected chi connectivity index (χ3v) is 5.71. The van der Waals surface area contributed by atoms with E-state index in [0.29, 0.717) is 17.3 Å². The van der Waals surface area contributed by atoms with Crippen molar-refractivity contribution in [3.63, 3.8) is 0 Å².